The molecule has 116 valence electrons. The Labute approximate surface area is 130 Å². The highest BCUT2D eigenvalue weighted by molar-refractivity contribution is 7.99. The zero-order valence-corrected chi connectivity index (χ0v) is 13.2. The van der Waals surface area contributed by atoms with Crippen molar-refractivity contribution < 1.29 is 14.7 Å². The average Bonchev–Trinajstić information content (AvgIpc) is 2.42. The molecule has 21 heavy (non-hydrogen) atoms. The van der Waals surface area contributed by atoms with Gasteiger partial charge in [-0.2, -0.15) is 0 Å². The van der Waals surface area contributed by atoms with Crippen LogP contribution in [0.15, 0.2) is 24.3 Å². The number of unbranched alkanes of at least 4 members (excludes halogenated alkanes) is 2. The number of carboxylic acids is 1. The Bertz CT molecular complexity index is 463. The molecule has 0 heterocycles. The fourth-order valence-electron chi connectivity index (χ4n) is 1.92. The number of benzene rings is 1. The molecule has 0 saturated heterocycles. The zero-order valence-electron chi connectivity index (χ0n) is 12.4. The zero-order chi connectivity index (χ0) is 15.5. The fourth-order valence-corrected chi connectivity index (χ4v) is 2.73. The van der Waals surface area contributed by atoms with Gasteiger partial charge in [-0.25, -0.2) is 0 Å². The van der Waals surface area contributed by atoms with Gasteiger partial charge in [0, 0.05) is 18.7 Å². The van der Waals surface area contributed by atoms with Crippen LogP contribution in [-0.4, -0.2) is 29.3 Å². The smallest absolute Gasteiger partial charge is 0.303 e. The molecule has 0 spiro atoms. The highest BCUT2D eigenvalue weighted by Crippen LogP contribution is 2.13. The van der Waals surface area contributed by atoms with Gasteiger partial charge in [0.1, 0.15) is 0 Å². The van der Waals surface area contributed by atoms with Gasteiger partial charge in [0.25, 0.3) is 0 Å². The van der Waals surface area contributed by atoms with Crippen molar-refractivity contribution in [3.63, 3.8) is 0 Å². The van der Waals surface area contributed by atoms with Crippen LogP contribution in [0.4, 0.5) is 0 Å². The minimum Gasteiger partial charge on any atom is -0.481 e. The Morgan fingerprint density at radius 1 is 1.24 bits per heavy atom. The van der Waals surface area contributed by atoms with Gasteiger partial charge in [0.15, 0.2) is 0 Å². The third kappa shape index (κ3) is 9.13. The van der Waals surface area contributed by atoms with E-state index in [0.29, 0.717) is 18.7 Å². The maximum Gasteiger partial charge on any atom is 0.303 e. The van der Waals surface area contributed by atoms with Crippen LogP contribution in [0.2, 0.25) is 0 Å². The summed E-state index contributed by atoms with van der Waals surface area (Å²) in [7, 11) is 0. The first-order valence-electron chi connectivity index (χ1n) is 7.19. The van der Waals surface area contributed by atoms with Gasteiger partial charge in [-0.1, -0.05) is 36.2 Å². The lowest BCUT2D eigenvalue weighted by molar-refractivity contribution is -0.137. The third-order valence-corrected chi connectivity index (χ3v) is 3.98. The summed E-state index contributed by atoms with van der Waals surface area (Å²) in [4.78, 5) is 21.9. The SMILES string of the molecule is Cc1cccc(CSCC(=O)NCCCCCC(=O)O)c1. The number of hydrogen-bond acceptors (Lipinski definition) is 3. The lowest BCUT2D eigenvalue weighted by atomic mass is 10.2. The molecule has 0 aliphatic rings. The number of rotatable bonds is 10. The molecule has 1 aromatic carbocycles. The number of aliphatic carboxylic acids is 1. The summed E-state index contributed by atoms with van der Waals surface area (Å²) in [5, 5.41) is 11.4. The minimum absolute atomic E-state index is 0.0471. The van der Waals surface area contributed by atoms with Crippen molar-refractivity contribution in [1.82, 2.24) is 5.32 Å². The van der Waals surface area contributed by atoms with E-state index in [9.17, 15) is 9.59 Å². The average molecular weight is 309 g/mol. The van der Waals surface area contributed by atoms with Gasteiger partial charge >= 0.3 is 5.97 Å². The second-order valence-electron chi connectivity index (χ2n) is 5.04. The molecule has 1 rings (SSSR count). The molecule has 4 nitrogen and oxygen atoms in total. The topological polar surface area (TPSA) is 66.4 Å². The van der Waals surface area contributed by atoms with Crippen LogP contribution in [0.1, 0.15) is 36.8 Å². The lowest BCUT2D eigenvalue weighted by Crippen LogP contribution is -2.26. The molecular weight excluding hydrogens is 286 g/mol. The Kier molecular flexibility index (Phi) is 8.59. The first-order chi connectivity index (χ1) is 10.1. The first-order valence-corrected chi connectivity index (χ1v) is 8.35. The van der Waals surface area contributed by atoms with E-state index >= 15 is 0 Å². The summed E-state index contributed by atoms with van der Waals surface area (Å²) < 4.78 is 0. The standard InChI is InChI=1S/C16H23NO3S/c1-13-6-5-7-14(10-13)11-21-12-15(18)17-9-4-2-3-8-16(19)20/h5-7,10H,2-4,8-9,11-12H2,1H3,(H,17,18)(H,19,20). The fraction of sp³-hybridized carbons (Fsp3) is 0.500. The monoisotopic (exact) mass is 309 g/mol. The summed E-state index contributed by atoms with van der Waals surface area (Å²) in [6, 6.07) is 8.29. The van der Waals surface area contributed by atoms with Gasteiger partial charge in [-0.05, 0) is 25.3 Å². The highest BCUT2D eigenvalue weighted by Gasteiger charge is 2.02. The molecule has 0 radical (unpaired) electrons. The van der Waals surface area contributed by atoms with E-state index in [2.05, 4.69) is 30.4 Å². The van der Waals surface area contributed by atoms with E-state index in [-0.39, 0.29) is 12.3 Å². The molecule has 0 aliphatic carbocycles. The van der Waals surface area contributed by atoms with Crippen LogP contribution in [0, 0.1) is 6.92 Å². The van der Waals surface area contributed by atoms with Crippen molar-refractivity contribution in [2.75, 3.05) is 12.3 Å². The lowest BCUT2D eigenvalue weighted by Gasteiger charge is -2.05. The largest absolute Gasteiger partial charge is 0.481 e. The number of carbonyl (C=O) groups is 2. The normalized spacial score (nSPS) is 10.3. The molecule has 0 atom stereocenters. The van der Waals surface area contributed by atoms with Crippen molar-refractivity contribution >= 4 is 23.6 Å². The Hall–Kier alpha value is -1.49. The summed E-state index contributed by atoms with van der Waals surface area (Å²) in [5.74, 6) is 0.592. The number of amides is 1. The molecule has 1 aromatic rings. The van der Waals surface area contributed by atoms with Crippen molar-refractivity contribution in [2.45, 2.75) is 38.4 Å². The van der Waals surface area contributed by atoms with Crippen LogP contribution in [0.5, 0.6) is 0 Å². The van der Waals surface area contributed by atoms with Crippen LogP contribution in [0.3, 0.4) is 0 Å². The second kappa shape index (κ2) is 10.3. The van der Waals surface area contributed by atoms with Crippen molar-refractivity contribution in [1.29, 1.82) is 0 Å². The van der Waals surface area contributed by atoms with Gasteiger partial charge in [0.2, 0.25) is 5.91 Å². The van der Waals surface area contributed by atoms with Crippen LogP contribution in [0.25, 0.3) is 0 Å². The molecule has 5 heteroatoms. The number of aryl methyl sites for hydroxylation is 1. The van der Waals surface area contributed by atoms with E-state index in [4.69, 9.17) is 5.11 Å². The molecule has 2 N–H and O–H groups in total. The molecule has 0 aromatic heterocycles. The summed E-state index contributed by atoms with van der Waals surface area (Å²) in [5.41, 5.74) is 2.47. The number of carbonyl (C=O) groups excluding carboxylic acids is 1. The van der Waals surface area contributed by atoms with Crippen LogP contribution < -0.4 is 5.32 Å². The predicted octanol–water partition coefficient (Wildman–Crippen LogP) is 2.99. The van der Waals surface area contributed by atoms with E-state index < -0.39 is 5.97 Å². The highest BCUT2D eigenvalue weighted by atomic mass is 32.2. The molecule has 0 bridgehead atoms. The maximum absolute atomic E-state index is 11.6. The van der Waals surface area contributed by atoms with E-state index in [1.807, 2.05) is 6.07 Å². The van der Waals surface area contributed by atoms with E-state index in [1.165, 1.54) is 11.1 Å². The van der Waals surface area contributed by atoms with E-state index in [0.717, 1.165) is 18.6 Å². The maximum atomic E-state index is 11.6. The summed E-state index contributed by atoms with van der Waals surface area (Å²) >= 11 is 1.61. The quantitative estimate of drug-likeness (QED) is 0.652. The summed E-state index contributed by atoms with van der Waals surface area (Å²) in [6.07, 6.45) is 2.55. The van der Waals surface area contributed by atoms with E-state index in [1.54, 1.807) is 11.8 Å². The molecule has 0 fully saturated rings. The van der Waals surface area contributed by atoms with Gasteiger partial charge in [-0.15, -0.1) is 11.8 Å². The molecule has 1 amide bonds. The Morgan fingerprint density at radius 3 is 2.76 bits per heavy atom. The number of hydrogen-bond donors (Lipinski definition) is 2. The predicted molar refractivity (Wildman–Crippen MR) is 86.5 cm³/mol. The van der Waals surface area contributed by atoms with Crippen molar-refractivity contribution in [3.05, 3.63) is 35.4 Å². The van der Waals surface area contributed by atoms with Crippen molar-refractivity contribution in [2.24, 2.45) is 0 Å². The van der Waals surface area contributed by atoms with Gasteiger partial charge in [-0.3, -0.25) is 9.59 Å². The number of carboxylic acid groups (broad SMARTS) is 1. The molecule has 0 unspecified atom stereocenters. The van der Waals surface area contributed by atoms with Crippen LogP contribution in [-0.2, 0) is 15.3 Å². The number of nitrogens with one attached hydrogen (secondary N) is 1. The third-order valence-electron chi connectivity index (χ3n) is 2.97. The van der Waals surface area contributed by atoms with Crippen LogP contribution >= 0.6 is 11.8 Å². The minimum atomic E-state index is -0.758. The Morgan fingerprint density at radius 2 is 2.05 bits per heavy atom. The van der Waals surface area contributed by atoms with Crippen molar-refractivity contribution in [3.8, 4) is 0 Å². The molecule has 0 saturated carbocycles. The number of thioether (sulfide) groups is 1. The molecule has 0 aliphatic heterocycles. The summed E-state index contributed by atoms with van der Waals surface area (Å²) in [6.45, 7) is 2.69. The Balaban J connectivity index is 2.02. The first kappa shape index (κ1) is 17.6. The van der Waals surface area contributed by atoms with Gasteiger partial charge < -0.3 is 10.4 Å². The second-order valence-corrected chi connectivity index (χ2v) is 6.02. The molecular formula is C16H23NO3S. The van der Waals surface area contributed by atoms with Gasteiger partial charge in [0.05, 0.1) is 5.75 Å².